The molecule has 0 saturated heterocycles. The molecule has 1 atom stereocenters. The second kappa shape index (κ2) is 15.6. The van der Waals surface area contributed by atoms with Crippen molar-refractivity contribution in [2.24, 2.45) is 0 Å². The minimum absolute atomic E-state index is 0.203. The van der Waals surface area contributed by atoms with Crippen molar-refractivity contribution >= 4 is 53.2 Å². The zero-order valence-electron chi connectivity index (χ0n) is 22.7. The van der Waals surface area contributed by atoms with E-state index >= 15 is 0 Å². The smallest absolute Gasteiger partial charge is 0.255 e. The van der Waals surface area contributed by atoms with E-state index in [0.29, 0.717) is 19.4 Å². The molecule has 1 unspecified atom stereocenters. The molecule has 2 aliphatic rings. The highest BCUT2D eigenvalue weighted by Crippen LogP contribution is 2.07. The van der Waals surface area contributed by atoms with E-state index in [2.05, 4.69) is 26.6 Å². The summed E-state index contributed by atoms with van der Waals surface area (Å²) in [5.74, 6) is -5.21. The van der Waals surface area contributed by atoms with Crippen LogP contribution in [-0.2, 0) is 43.2 Å². The number of hydrogen-bond donors (Lipinski definition) is 5. The van der Waals surface area contributed by atoms with Gasteiger partial charge in [-0.2, -0.15) is 0 Å². The Bertz CT molecular complexity index is 1070. The number of rotatable bonds is 16. The molecule has 41 heavy (non-hydrogen) atoms. The lowest BCUT2D eigenvalue weighted by atomic mass is 10.1. The van der Waals surface area contributed by atoms with Crippen LogP contribution < -0.4 is 26.6 Å². The predicted octanol–water partition coefficient (Wildman–Crippen LogP) is -2.94. The SMILES string of the molecule is CC(=O)NCCCCC(NC(C)=O)C(=O)NC(CC(=O)NCN1C(=O)C=CC1=O)CC(=O)NCN1C(=O)C=CC1=O. The zero-order chi connectivity index (χ0) is 30.5. The second-order valence-electron chi connectivity index (χ2n) is 9.24. The third kappa shape index (κ3) is 11.0. The van der Waals surface area contributed by atoms with Gasteiger partial charge in [0.25, 0.3) is 23.6 Å². The van der Waals surface area contributed by atoms with Crippen molar-refractivity contribution in [2.45, 2.75) is 58.0 Å². The van der Waals surface area contributed by atoms with Crippen LogP contribution in [0.5, 0.6) is 0 Å². The highest BCUT2D eigenvalue weighted by Gasteiger charge is 2.28. The van der Waals surface area contributed by atoms with Crippen LogP contribution in [0.2, 0.25) is 0 Å². The van der Waals surface area contributed by atoms with Crippen LogP contribution in [0, 0.1) is 0 Å². The third-order valence-electron chi connectivity index (χ3n) is 5.87. The Balaban J connectivity index is 2.02. The van der Waals surface area contributed by atoms with Crippen LogP contribution in [0.4, 0.5) is 0 Å². The molecule has 0 aromatic carbocycles. The maximum absolute atomic E-state index is 13.1. The number of hydrogen-bond acceptors (Lipinski definition) is 9. The Morgan fingerprint density at radius 1 is 0.659 bits per heavy atom. The van der Waals surface area contributed by atoms with Crippen LogP contribution in [0.1, 0.15) is 46.0 Å². The molecule has 2 rings (SSSR count). The Morgan fingerprint density at radius 3 is 1.54 bits per heavy atom. The topological polar surface area (TPSA) is 220 Å². The van der Waals surface area contributed by atoms with Crippen LogP contribution >= 0.6 is 0 Å². The Kier molecular flexibility index (Phi) is 12.3. The minimum Gasteiger partial charge on any atom is -0.356 e. The summed E-state index contributed by atoms with van der Waals surface area (Å²) in [5, 5.41) is 12.5. The highest BCUT2D eigenvalue weighted by atomic mass is 16.2. The lowest BCUT2D eigenvalue weighted by Gasteiger charge is -2.24. The van der Waals surface area contributed by atoms with Gasteiger partial charge in [0.1, 0.15) is 19.4 Å². The van der Waals surface area contributed by atoms with Crippen LogP contribution in [0.25, 0.3) is 0 Å². The number of carbonyl (C=O) groups excluding carboxylic acids is 9. The molecular weight excluding hydrogens is 542 g/mol. The first kappa shape index (κ1) is 32.3. The monoisotopic (exact) mass is 575 g/mol. The van der Waals surface area contributed by atoms with E-state index in [1.54, 1.807) is 0 Å². The lowest BCUT2D eigenvalue weighted by molar-refractivity contribution is -0.139. The first-order chi connectivity index (χ1) is 19.4. The quantitative estimate of drug-likeness (QED) is 0.0937. The molecule has 0 radical (unpaired) electrons. The number of unbranched alkanes of at least 4 members (excludes halogenated alkanes) is 1. The molecule has 0 aromatic heterocycles. The van der Waals surface area contributed by atoms with Gasteiger partial charge in [0.2, 0.25) is 29.5 Å². The van der Waals surface area contributed by atoms with Crippen molar-refractivity contribution in [1.82, 2.24) is 36.4 Å². The van der Waals surface area contributed by atoms with Crippen LogP contribution in [0.3, 0.4) is 0 Å². The van der Waals surface area contributed by atoms with Gasteiger partial charge in [0, 0.05) is 63.6 Å². The summed E-state index contributed by atoms with van der Waals surface area (Å²) in [6.07, 6.45) is 4.50. The van der Waals surface area contributed by atoms with Crippen molar-refractivity contribution in [3.63, 3.8) is 0 Å². The number of nitrogens with zero attached hydrogens (tertiary/aromatic N) is 2. The van der Waals surface area contributed by atoms with E-state index in [9.17, 15) is 43.2 Å². The molecule has 9 amide bonds. The second-order valence-corrected chi connectivity index (χ2v) is 9.24. The van der Waals surface area contributed by atoms with Crippen molar-refractivity contribution in [3.05, 3.63) is 24.3 Å². The molecule has 222 valence electrons. The van der Waals surface area contributed by atoms with Crippen molar-refractivity contribution < 1.29 is 43.2 Å². The predicted molar refractivity (Wildman–Crippen MR) is 139 cm³/mol. The summed E-state index contributed by atoms with van der Waals surface area (Å²) >= 11 is 0. The average molecular weight is 576 g/mol. The first-order valence-corrected chi connectivity index (χ1v) is 12.8. The highest BCUT2D eigenvalue weighted by molar-refractivity contribution is 6.13. The van der Waals surface area contributed by atoms with Crippen LogP contribution in [0.15, 0.2) is 24.3 Å². The van der Waals surface area contributed by atoms with Gasteiger partial charge in [-0.15, -0.1) is 0 Å². The van der Waals surface area contributed by atoms with Gasteiger partial charge < -0.3 is 26.6 Å². The molecular formula is C25H33N7O9. The standard InChI is InChI=1S/C25H33N7O9/c1-15(33)26-10-4-3-5-18(29-16(2)34)25(41)30-17(11-19(35)27-13-31-21(37)6-7-22(31)38)12-20(36)28-14-32-23(39)8-9-24(32)40/h6-9,17-18H,3-5,10-14H2,1-2H3,(H,26,33)(H,27,35)(H,28,36)(H,29,34)(H,30,41). The van der Waals surface area contributed by atoms with Crippen molar-refractivity contribution in [3.8, 4) is 0 Å². The molecule has 0 spiro atoms. The molecule has 2 aliphatic heterocycles. The molecule has 16 heteroatoms. The lowest BCUT2D eigenvalue weighted by Crippen LogP contribution is -2.52. The summed E-state index contributed by atoms with van der Waals surface area (Å²) in [6, 6.07) is -2.11. The van der Waals surface area contributed by atoms with E-state index in [1.807, 2.05) is 0 Å². The maximum Gasteiger partial charge on any atom is 0.255 e. The number of carbonyl (C=O) groups is 9. The van der Waals surface area contributed by atoms with Crippen LogP contribution in [-0.4, -0.2) is 94.9 Å². The van der Waals surface area contributed by atoms with E-state index in [4.69, 9.17) is 0 Å². The molecule has 0 aliphatic carbocycles. The zero-order valence-corrected chi connectivity index (χ0v) is 22.7. The summed E-state index contributed by atoms with van der Waals surface area (Å²) < 4.78 is 0. The van der Waals surface area contributed by atoms with Gasteiger partial charge in [-0.05, 0) is 19.3 Å². The molecule has 0 saturated carbocycles. The van der Waals surface area contributed by atoms with E-state index < -0.39 is 85.5 Å². The number of nitrogens with one attached hydrogen (secondary N) is 5. The molecule has 2 heterocycles. The molecule has 0 bridgehead atoms. The average Bonchev–Trinajstić information content (AvgIpc) is 3.38. The normalized spacial score (nSPS) is 14.9. The van der Waals surface area contributed by atoms with Gasteiger partial charge in [-0.25, -0.2) is 0 Å². The van der Waals surface area contributed by atoms with Gasteiger partial charge in [0.15, 0.2) is 0 Å². The minimum atomic E-state index is -1.11. The van der Waals surface area contributed by atoms with E-state index in [-0.39, 0.29) is 12.3 Å². The first-order valence-electron chi connectivity index (χ1n) is 12.8. The van der Waals surface area contributed by atoms with Crippen molar-refractivity contribution in [1.29, 1.82) is 0 Å². The molecule has 0 aromatic rings. The fourth-order valence-electron chi connectivity index (χ4n) is 3.83. The number of amides is 9. The van der Waals surface area contributed by atoms with Crippen molar-refractivity contribution in [2.75, 3.05) is 19.9 Å². The fourth-order valence-corrected chi connectivity index (χ4v) is 3.83. The fraction of sp³-hybridized carbons (Fsp3) is 0.480. The molecule has 5 N–H and O–H groups in total. The van der Waals surface area contributed by atoms with E-state index in [1.165, 1.54) is 13.8 Å². The van der Waals surface area contributed by atoms with Gasteiger partial charge in [-0.1, -0.05) is 0 Å². The van der Waals surface area contributed by atoms with Gasteiger partial charge in [0.05, 0.1) is 0 Å². The Labute approximate surface area is 235 Å². The maximum atomic E-state index is 13.1. The Morgan fingerprint density at radius 2 is 1.12 bits per heavy atom. The number of imide groups is 2. The molecule has 16 nitrogen and oxygen atoms in total. The Hall–Kier alpha value is -4.89. The van der Waals surface area contributed by atoms with E-state index in [0.717, 1.165) is 34.1 Å². The molecule has 0 fully saturated rings. The van der Waals surface area contributed by atoms with Gasteiger partial charge in [-0.3, -0.25) is 53.0 Å². The summed E-state index contributed by atoms with van der Waals surface area (Å²) in [4.78, 5) is 109. The third-order valence-corrected chi connectivity index (χ3v) is 5.87. The summed E-state index contributed by atoms with van der Waals surface area (Å²) in [5.41, 5.74) is 0. The summed E-state index contributed by atoms with van der Waals surface area (Å²) in [7, 11) is 0. The largest absolute Gasteiger partial charge is 0.356 e. The summed E-state index contributed by atoms with van der Waals surface area (Å²) in [6.45, 7) is 2.12. The van der Waals surface area contributed by atoms with Gasteiger partial charge >= 0.3 is 0 Å².